The number of methoxy groups -OCH3 is 2. The zero-order valence-electron chi connectivity index (χ0n) is 12.8. The number of ether oxygens (including phenoxy) is 2. The molecule has 0 saturated heterocycles. The first-order chi connectivity index (χ1) is 9.88. The van der Waals surface area contributed by atoms with Gasteiger partial charge in [-0.05, 0) is 26.0 Å². The predicted octanol–water partition coefficient (Wildman–Crippen LogP) is 2.03. The van der Waals surface area contributed by atoms with Crippen LogP contribution in [0.1, 0.15) is 30.6 Å². The maximum atomic E-state index is 12.6. The maximum Gasteiger partial charge on any atom is 0.305 e. The molecule has 0 fully saturated rings. The molecule has 0 radical (unpaired) electrons. The van der Waals surface area contributed by atoms with Gasteiger partial charge in [-0.3, -0.25) is 9.59 Å². The summed E-state index contributed by atoms with van der Waals surface area (Å²) in [4.78, 5) is 24.8. The van der Waals surface area contributed by atoms with E-state index in [9.17, 15) is 9.59 Å². The molecule has 0 saturated carbocycles. The Morgan fingerprint density at radius 2 is 1.67 bits per heavy atom. The molecule has 0 spiro atoms. The minimum absolute atomic E-state index is 0.0922. The van der Waals surface area contributed by atoms with Gasteiger partial charge in [0, 0.05) is 24.2 Å². The number of benzene rings is 1. The summed E-state index contributed by atoms with van der Waals surface area (Å²) in [6.07, 6.45) is -0.0922. The van der Waals surface area contributed by atoms with Crippen LogP contribution in [-0.4, -0.2) is 48.7 Å². The van der Waals surface area contributed by atoms with Crippen molar-refractivity contribution in [2.24, 2.45) is 0 Å². The van der Waals surface area contributed by atoms with Crippen molar-refractivity contribution in [1.29, 1.82) is 0 Å². The van der Waals surface area contributed by atoms with Crippen LogP contribution >= 0.6 is 0 Å². The lowest BCUT2D eigenvalue weighted by molar-refractivity contribution is -0.137. The fraction of sp³-hybridized carbons (Fsp3) is 0.467. The lowest BCUT2D eigenvalue weighted by Crippen LogP contribution is -2.38. The topological polar surface area (TPSA) is 76.1 Å². The number of aliphatic carboxylic acids is 1. The Morgan fingerprint density at radius 1 is 1.14 bits per heavy atom. The number of carbonyl (C=O) groups is 2. The monoisotopic (exact) mass is 295 g/mol. The summed E-state index contributed by atoms with van der Waals surface area (Å²) in [5, 5.41) is 8.78. The third kappa shape index (κ3) is 4.66. The van der Waals surface area contributed by atoms with E-state index >= 15 is 0 Å². The summed E-state index contributed by atoms with van der Waals surface area (Å²) in [6, 6.07) is 4.80. The molecule has 21 heavy (non-hydrogen) atoms. The summed E-state index contributed by atoms with van der Waals surface area (Å²) in [5.41, 5.74) is 0.408. The Bertz CT molecular complexity index is 491. The van der Waals surface area contributed by atoms with E-state index in [-0.39, 0.29) is 24.9 Å². The van der Waals surface area contributed by atoms with Crippen LogP contribution in [0.4, 0.5) is 0 Å². The van der Waals surface area contributed by atoms with Crippen LogP contribution in [0.2, 0.25) is 0 Å². The summed E-state index contributed by atoms with van der Waals surface area (Å²) in [6.45, 7) is 3.85. The second kappa shape index (κ2) is 7.52. The molecule has 0 unspecified atom stereocenters. The Morgan fingerprint density at radius 3 is 2.05 bits per heavy atom. The number of hydrogen-bond donors (Lipinski definition) is 1. The van der Waals surface area contributed by atoms with Crippen LogP contribution in [-0.2, 0) is 4.79 Å². The predicted molar refractivity (Wildman–Crippen MR) is 78.0 cm³/mol. The lowest BCUT2D eigenvalue weighted by atomic mass is 10.1. The number of nitrogens with zero attached hydrogens (tertiary/aromatic N) is 1. The van der Waals surface area contributed by atoms with Gasteiger partial charge in [0.05, 0.1) is 20.6 Å². The van der Waals surface area contributed by atoms with Crippen molar-refractivity contribution in [2.45, 2.75) is 26.3 Å². The van der Waals surface area contributed by atoms with Gasteiger partial charge in [-0.2, -0.15) is 0 Å². The van der Waals surface area contributed by atoms with Crippen LogP contribution in [0.25, 0.3) is 0 Å². The molecule has 1 amide bonds. The first-order valence-corrected chi connectivity index (χ1v) is 6.64. The molecule has 0 bridgehead atoms. The molecular formula is C15H21NO5. The molecule has 1 rings (SSSR count). The summed E-state index contributed by atoms with van der Waals surface area (Å²) in [7, 11) is 3.02. The number of hydrogen-bond acceptors (Lipinski definition) is 4. The van der Waals surface area contributed by atoms with Gasteiger partial charge in [0.1, 0.15) is 11.5 Å². The van der Waals surface area contributed by atoms with Crippen LogP contribution < -0.4 is 9.47 Å². The highest BCUT2D eigenvalue weighted by Gasteiger charge is 2.21. The van der Waals surface area contributed by atoms with Crippen molar-refractivity contribution in [2.75, 3.05) is 20.8 Å². The van der Waals surface area contributed by atoms with E-state index in [0.29, 0.717) is 17.1 Å². The number of amides is 1. The lowest BCUT2D eigenvalue weighted by Gasteiger charge is -2.26. The average Bonchev–Trinajstić information content (AvgIpc) is 2.45. The molecule has 1 aromatic carbocycles. The van der Waals surface area contributed by atoms with Crippen molar-refractivity contribution in [3.05, 3.63) is 23.8 Å². The SMILES string of the molecule is COc1cc(OC)cc(C(=O)N(CCC(=O)O)C(C)C)c1. The van der Waals surface area contributed by atoms with Crippen LogP contribution in [0.5, 0.6) is 11.5 Å². The van der Waals surface area contributed by atoms with E-state index in [0.717, 1.165) is 0 Å². The molecule has 1 N–H and O–H groups in total. The molecule has 1 aromatic rings. The molecular weight excluding hydrogens is 274 g/mol. The zero-order chi connectivity index (χ0) is 16.0. The molecule has 0 aliphatic rings. The van der Waals surface area contributed by atoms with E-state index in [1.54, 1.807) is 18.2 Å². The molecule has 6 nitrogen and oxygen atoms in total. The molecule has 0 heterocycles. The van der Waals surface area contributed by atoms with Crippen molar-refractivity contribution < 1.29 is 24.2 Å². The smallest absolute Gasteiger partial charge is 0.305 e. The molecule has 6 heteroatoms. The minimum Gasteiger partial charge on any atom is -0.497 e. The van der Waals surface area contributed by atoms with E-state index in [1.165, 1.54) is 19.1 Å². The normalized spacial score (nSPS) is 10.3. The zero-order valence-corrected chi connectivity index (χ0v) is 12.8. The summed E-state index contributed by atoms with van der Waals surface area (Å²) >= 11 is 0. The first kappa shape index (κ1) is 16.8. The molecule has 116 valence electrons. The van der Waals surface area contributed by atoms with Crippen LogP contribution in [0.3, 0.4) is 0 Å². The Balaban J connectivity index is 3.05. The second-order valence-electron chi connectivity index (χ2n) is 4.84. The van der Waals surface area contributed by atoms with Gasteiger partial charge in [0.15, 0.2) is 0 Å². The van der Waals surface area contributed by atoms with E-state index < -0.39 is 5.97 Å². The van der Waals surface area contributed by atoms with Gasteiger partial charge in [-0.25, -0.2) is 0 Å². The highest BCUT2D eigenvalue weighted by Crippen LogP contribution is 2.24. The summed E-state index contributed by atoms with van der Waals surface area (Å²) < 4.78 is 10.3. The third-order valence-corrected chi connectivity index (χ3v) is 3.05. The largest absolute Gasteiger partial charge is 0.497 e. The van der Waals surface area contributed by atoms with Gasteiger partial charge >= 0.3 is 5.97 Å². The first-order valence-electron chi connectivity index (χ1n) is 6.64. The summed E-state index contributed by atoms with van der Waals surface area (Å²) in [5.74, 6) is -0.153. The van der Waals surface area contributed by atoms with Crippen LogP contribution in [0.15, 0.2) is 18.2 Å². The van der Waals surface area contributed by atoms with Crippen LogP contribution in [0, 0.1) is 0 Å². The fourth-order valence-electron chi connectivity index (χ4n) is 1.91. The van der Waals surface area contributed by atoms with Gasteiger partial charge in [0.25, 0.3) is 5.91 Å². The quantitative estimate of drug-likeness (QED) is 0.833. The molecule has 0 atom stereocenters. The minimum atomic E-state index is -0.934. The Hall–Kier alpha value is -2.24. The number of rotatable bonds is 7. The van der Waals surface area contributed by atoms with Crippen molar-refractivity contribution >= 4 is 11.9 Å². The highest BCUT2D eigenvalue weighted by atomic mass is 16.5. The molecule has 0 aliphatic carbocycles. The Labute approximate surface area is 124 Å². The third-order valence-electron chi connectivity index (χ3n) is 3.05. The Kier molecular flexibility index (Phi) is 6.02. The fourth-order valence-corrected chi connectivity index (χ4v) is 1.91. The standard InChI is InChI=1S/C15H21NO5/c1-10(2)16(6-5-14(17)18)15(19)11-7-12(20-3)9-13(8-11)21-4/h7-10H,5-6H2,1-4H3,(H,17,18). The average molecular weight is 295 g/mol. The molecule has 0 aliphatic heterocycles. The number of carboxylic acid groups (broad SMARTS) is 1. The van der Waals surface area contributed by atoms with Gasteiger partial charge in [0.2, 0.25) is 0 Å². The van der Waals surface area contributed by atoms with Crippen molar-refractivity contribution in [1.82, 2.24) is 4.90 Å². The highest BCUT2D eigenvalue weighted by molar-refractivity contribution is 5.95. The molecule has 0 aromatic heterocycles. The van der Waals surface area contributed by atoms with Gasteiger partial charge in [-0.15, -0.1) is 0 Å². The maximum absolute atomic E-state index is 12.6. The van der Waals surface area contributed by atoms with E-state index in [4.69, 9.17) is 14.6 Å². The van der Waals surface area contributed by atoms with Gasteiger partial charge < -0.3 is 19.5 Å². The number of carboxylic acids is 1. The van der Waals surface area contributed by atoms with E-state index in [1.807, 2.05) is 13.8 Å². The second-order valence-corrected chi connectivity index (χ2v) is 4.84. The van der Waals surface area contributed by atoms with Crippen molar-refractivity contribution in [3.8, 4) is 11.5 Å². The van der Waals surface area contributed by atoms with Gasteiger partial charge in [-0.1, -0.05) is 0 Å². The van der Waals surface area contributed by atoms with Crippen molar-refractivity contribution in [3.63, 3.8) is 0 Å². The number of carbonyl (C=O) groups excluding carboxylic acids is 1. The van der Waals surface area contributed by atoms with E-state index in [2.05, 4.69) is 0 Å².